The zero-order valence-electron chi connectivity index (χ0n) is 13.8. The minimum absolute atomic E-state index is 0.0287. The molecule has 1 heterocycles. The maximum absolute atomic E-state index is 12.6. The molecular weight excluding hydrogens is 304 g/mol. The van der Waals surface area contributed by atoms with Crippen molar-refractivity contribution in [2.75, 3.05) is 11.9 Å². The minimum Gasteiger partial charge on any atom is -0.482 e. The van der Waals surface area contributed by atoms with Crippen LogP contribution in [-0.4, -0.2) is 18.4 Å². The van der Waals surface area contributed by atoms with E-state index < -0.39 is 0 Å². The molecule has 124 valence electrons. The van der Waals surface area contributed by atoms with Gasteiger partial charge in [0.15, 0.2) is 6.61 Å². The van der Waals surface area contributed by atoms with E-state index >= 15 is 0 Å². The van der Waals surface area contributed by atoms with E-state index in [4.69, 9.17) is 4.74 Å². The molecule has 2 aromatic carbocycles. The number of carbonyl (C=O) groups is 2. The van der Waals surface area contributed by atoms with Crippen LogP contribution in [0, 0.1) is 6.92 Å². The second kappa shape index (κ2) is 6.74. The van der Waals surface area contributed by atoms with Crippen molar-refractivity contribution in [1.82, 2.24) is 5.32 Å². The van der Waals surface area contributed by atoms with E-state index in [9.17, 15) is 9.59 Å². The minimum atomic E-state index is -0.190. The molecule has 5 heteroatoms. The third-order valence-electron chi connectivity index (χ3n) is 4.07. The van der Waals surface area contributed by atoms with E-state index in [0.717, 1.165) is 12.0 Å². The van der Waals surface area contributed by atoms with Gasteiger partial charge >= 0.3 is 0 Å². The highest BCUT2D eigenvalue weighted by Crippen LogP contribution is 2.29. The SMILES string of the molecule is CCC(NC(=O)c1ccc2c(c1)OCC(=O)N2)c1ccc(C)cc1. The molecular formula is C19H20N2O3. The molecule has 2 N–H and O–H groups in total. The van der Waals surface area contributed by atoms with Gasteiger partial charge in [0, 0.05) is 5.56 Å². The zero-order valence-corrected chi connectivity index (χ0v) is 13.8. The number of anilines is 1. The van der Waals surface area contributed by atoms with Crippen molar-refractivity contribution in [2.45, 2.75) is 26.3 Å². The van der Waals surface area contributed by atoms with Gasteiger partial charge < -0.3 is 15.4 Å². The van der Waals surface area contributed by atoms with E-state index in [1.165, 1.54) is 5.56 Å². The van der Waals surface area contributed by atoms with Crippen LogP contribution in [0.15, 0.2) is 42.5 Å². The maximum Gasteiger partial charge on any atom is 0.262 e. The van der Waals surface area contributed by atoms with E-state index in [1.54, 1.807) is 18.2 Å². The Morgan fingerprint density at radius 1 is 1.25 bits per heavy atom. The van der Waals surface area contributed by atoms with Crippen LogP contribution in [0.3, 0.4) is 0 Å². The summed E-state index contributed by atoms with van der Waals surface area (Å²) in [5, 5.41) is 5.77. The Labute approximate surface area is 141 Å². The van der Waals surface area contributed by atoms with Gasteiger partial charge in [-0.3, -0.25) is 9.59 Å². The lowest BCUT2D eigenvalue weighted by Gasteiger charge is -2.20. The predicted octanol–water partition coefficient (Wildman–Crippen LogP) is 3.21. The molecule has 0 bridgehead atoms. The molecule has 3 rings (SSSR count). The fourth-order valence-corrected chi connectivity index (χ4v) is 2.68. The summed E-state index contributed by atoms with van der Waals surface area (Å²) >= 11 is 0. The monoisotopic (exact) mass is 324 g/mol. The third kappa shape index (κ3) is 3.40. The number of ether oxygens (including phenoxy) is 1. The average Bonchev–Trinajstić information content (AvgIpc) is 2.60. The summed E-state index contributed by atoms with van der Waals surface area (Å²) in [6, 6.07) is 13.1. The predicted molar refractivity (Wildman–Crippen MR) is 92.2 cm³/mol. The van der Waals surface area contributed by atoms with E-state index in [1.807, 2.05) is 38.1 Å². The molecule has 0 saturated carbocycles. The van der Waals surface area contributed by atoms with Crippen LogP contribution < -0.4 is 15.4 Å². The van der Waals surface area contributed by atoms with Gasteiger partial charge in [-0.05, 0) is 37.1 Å². The standard InChI is InChI=1S/C19H20N2O3/c1-3-15(13-6-4-12(2)5-7-13)21-19(23)14-8-9-16-17(10-14)24-11-18(22)20-16/h4-10,15H,3,11H2,1-2H3,(H,20,22)(H,21,23). The molecule has 2 aromatic rings. The first-order chi connectivity index (χ1) is 11.6. The summed E-state index contributed by atoms with van der Waals surface area (Å²) in [6.07, 6.45) is 0.798. The molecule has 0 aromatic heterocycles. The summed E-state index contributed by atoms with van der Waals surface area (Å²) in [5.74, 6) is 0.168. The molecule has 2 amide bonds. The molecule has 1 aliphatic rings. The van der Waals surface area contributed by atoms with Crippen molar-refractivity contribution < 1.29 is 14.3 Å². The quantitative estimate of drug-likeness (QED) is 0.907. The second-order valence-corrected chi connectivity index (χ2v) is 5.89. The first-order valence-corrected chi connectivity index (χ1v) is 8.01. The van der Waals surface area contributed by atoms with Crippen LogP contribution in [-0.2, 0) is 4.79 Å². The van der Waals surface area contributed by atoms with Crippen molar-refractivity contribution in [3.8, 4) is 5.75 Å². The van der Waals surface area contributed by atoms with Crippen LogP contribution in [0.4, 0.5) is 5.69 Å². The molecule has 1 unspecified atom stereocenters. The van der Waals surface area contributed by atoms with Crippen LogP contribution in [0.2, 0.25) is 0 Å². The Bertz CT molecular complexity index is 769. The molecule has 0 aliphatic carbocycles. The molecule has 5 nitrogen and oxygen atoms in total. The van der Waals surface area contributed by atoms with Gasteiger partial charge in [-0.1, -0.05) is 36.8 Å². The normalized spacial score (nSPS) is 14.2. The van der Waals surface area contributed by atoms with E-state index in [0.29, 0.717) is 17.0 Å². The number of nitrogens with one attached hydrogen (secondary N) is 2. The Kier molecular flexibility index (Phi) is 4.51. The van der Waals surface area contributed by atoms with Crippen LogP contribution in [0.25, 0.3) is 0 Å². The second-order valence-electron chi connectivity index (χ2n) is 5.89. The maximum atomic E-state index is 12.6. The first-order valence-electron chi connectivity index (χ1n) is 8.01. The highest BCUT2D eigenvalue weighted by atomic mass is 16.5. The Hall–Kier alpha value is -2.82. The topological polar surface area (TPSA) is 67.4 Å². The number of fused-ring (bicyclic) bond motifs is 1. The first kappa shape index (κ1) is 16.1. The number of benzene rings is 2. The third-order valence-corrected chi connectivity index (χ3v) is 4.07. The van der Waals surface area contributed by atoms with Crippen LogP contribution in [0.5, 0.6) is 5.75 Å². The smallest absolute Gasteiger partial charge is 0.262 e. The summed E-state index contributed by atoms with van der Waals surface area (Å²) in [4.78, 5) is 23.8. The number of aryl methyl sites for hydroxylation is 1. The largest absolute Gasteiger partial charge is 0.482 e. The summed E-state index contributed by atoms with van der Waals surface area (Å²) < 4.78 is 5.36. The molecule has 1 aliphatic heterocycles. The molecule has 0 radical (unpaired) electrons. The summed E-state index contributed by atoms with van der Waals surface area (Å²) in [6.45, 7) is 4.05. The van der Waals surface area contributed by atoms with Gasteiger partial charge in [0.05, 0.1) is 11.7 Å². The highest BCUT2D eigenvalue weighted by Gasteiger charge is 2.19. The fraction of sp³-hybridized carbons (Fsp3) is 0.263. The number of hydrogen-bond acceptors (Lipinski definition) is 3. The lowest BCUT2D eigenvalue weighted by molar-refractivity contribution is -0.118. The molecule has 24 heavy (non-hydrogen) atoms. The summed E-state index contributed by atoms with van der Waals surface area (Å²) in [5.41, 5.74) is 3.37. The lowest BCUT2D eigenvalue weighted by atomic mass is 10.0. The van der Waals surface area contributed by atoms with E-state index in [-0.39, 0.29) is 24.5 Å². The van der Waals surface area contributed by atoms with Crippen molar-refractivity contribution in [1.29, 1.82) is 0 Å². The number of carbonyl (C=O) groups excluding carboxylic acids is 2. The van der Waals surface area contributed by atoms with Crippen LogP contribution in [0.1, 0.15) is 40.9 Å². The molecule has 0 fully saturated rings. The number of hydrogen-bond donors (Lipinski definition) is 2. The Morgan fingerprint density at radius 3 is 2.71 bits per heavy atom. The molecule has 0 saturated heterocycles. The zero-order chi connectivity index (χ0) is 17.1. The van der Waals surface area contributed by atoms with Gasteiger partial charge in [0.1, 0.15) is 5.75 Å². The Morgan fingerprint density at radius 2 is 2.00 bits per heavy atom. The van der Waals surface area contributed by atoms with Crippen molar-refractivity contribution in [3.63, 3.8) is 0 Å². The number of rotatable bonds is 4. The summed E-state index contributed by atoms with van der Waals surface area (Å²) in [7, 11) is 0. The van der Waals surface area contributed by atoms with Crippen molar-refractivity contribution >= 4 is 17.5 Å². The van der Waals surface area contributed by atoms with Gasteiger partial charge in [-0.15, -0.1) is 0 Å². The van der Waals surface area contributed by atoms with Gasteiger partial charge in [-0.25, -0.2) is 0 Å². The van der Waals surface area contributed by atoms with Crippen molar-refractivity contribution in [3.05, 3.63) is 59.2 Å². The van der Waals surface area contributed by atoms with Gasteiger partial charge in [0.25, 0.3) is 11.8 Å². The van der Waals surface area contributed by atoms with Crippen molar-refractivity contribution in [2.24, 2.45) is 0 Å². The average molecular weight is 324 g/mol. The van der Waals surface area contributed by atoms with Gasteiger partial charge in [0.2, 0.25) is 0 Å². The Balaban J connectivity index is 1.76. The molecule has 0 spiro atoms. The van der Waals surface area contributed by atoms with E-state index in [2.05, 4.69) is 10.6 Å². The fourth-order valence-electron chi connectivity index (χ4n) is 2.68. The highest BCUT2D eigenvalue weighted by molar-refractivity contribution is 5.99. The number of amides is 2. The lowest BCUT2D eigenvalue weighted by Crippen LogP contribution is -2.29. The van der Waals surface area contributed by atoms with Gasteiger partial charge in [-0.2, -0.15) is 0 Å². The van der Waals surface area contributed by atoms with Crippen LogP contribution >= 0.6 is 0 Å². The molecule has 1 atom stereocenters.